The fourth-order valence-electron chi connectivity index (χ4n) is 2.93. The van der Waals surface area contributed by atoms with Gasteiger partial charge in [0.2, 0.25) is 0 Å². The Morgan fingerprint density at radius 1 is 1.27 bits per heavy atom. The van der Waals surface area contributed by atoms with E-state index in [2.05, 4.69) is 4.98 Å². The van der Waals surface area contributed by atoms with Gasteiger partial charge in [0, 0.05) is 18.4 Å². The Labute approximate surface area is 151 Å². The number of imidazole rings is 1. The van der Waals surface area contributed by atoms with Crippen molar-refractivity contribution in [2.75, 3.05) is 12.8 Å². The molecule has 0 aliphatic heterocycles. The molecule has 0 aliphatic carbocycles. The number of aromatic nitrogens is 2. The van der Waals surface area contributed by atoms with Crippen LogP contribution in [0.2, 0.25) is 0 Å². The van der Waals surface area contributed by atoms with E-state index in [9.17, 15) is 12.8 Å². The smallest absolute Gasteiger partial charge is 0.175 e. The van der Waals surface area contributed by atoms with E-state index in [1.165, 1.54) is 12.3 Å². The van der Waals surface area contributed by atoms with Crippen molar-refractivity contribution in [1.29, 1.82) is 0 Å². The van der Waals surface area contributed by atoms with E-state index >= 15 is 0 Å². The number of sulfone groups is 1. The Kier molecular flexibility index (Phi) is 4.93. The van der Waals surface area contributed by atoms with Crippen LogP contribution in [0.3, 0.4) is 0 Å². The fourth-order valence-corrected chi connectivity index (χ4v) is 3.60. The number of hydrogen-bond acceptors (Lipinski definition) is 4. The maximum atomic E-state index is 13.9. The predicted octanol–water partition coefficient (Wildman–Crippen LogP) is 3.23. The number of halogens is 1. The van der Waals surface area contributed by atoms with E-state index in [0.29, 0.717) is 11.3 Å². The van der Waals surface area contributed by atoms with Gasteiger partial charge in [-0.2, -0.15) is 0 Å². The molecule has 0 atom stereocenters. The molecular formula is C19H20FN3O2S. The topological polar surface area (TPSA) is 78.0 Å². The lowest BCUT2D eigenvalue weighted by atomic mass is 10.0. The van der Waals surface area contributed by atoms with Gasteiger partial charge in [-0.15, -0.1) is 0 Å². The molecule has 1 aromatic heterocycles. The van der Waals surface area contributed by atoms with Gasteiger partial charge in [-0.05, 0) is 36.8 Å². The third-order valence-electron chi connectivity index (χ3n) is 4.19. The van der Waals surface area contributed by atoms with Crippen LogP contribution >= 0.6 is 0 Å². The highest BCUT2D eigenvalue weighted by Gasteiger charge is 2.15. The lowest BCUT2D eigenvalue weighted by molar-refractivity contribution is 0.553. The molecule has 1 heterocycles. The monoisotopic (exact) mass is 373 g/mol. The van der Waals surface area contributed by atoms with Gasteiger partial charge in [0.05, 0.1) is 22.5 Å². The second-order valence-electron chi connectivity index (χ2n) is 6.11. The summed E-state index contributed by atoms with van der Waals surface area (Å²) < 4.78 is 39.4. The summed E-state index contributed by atoms with van der Waals surface area (Å²) in [5.41, 5.74) is 8.41. The minimum Gasteiger partial charge on any atom is -0.327 e. The molecule has 2 N–H and O–H groups in total. The first-order chi connectivity index (χ1) is 12.3. The molecule has 26 heavy (non-hydrogen) atoms. The zero-order valence-electron chi connectivity index (χ0n) is 14.6. The predicted molar refractivity (Wildman–Crippen MR) is 101 cm³/mol. The average molecular weight is 373 g/mol. The Morgan fingerprint density at radius 3 is 2.69 bits per heavy atom. The second kappa shape index (κ2) is 7.01. The SMILES string of the molecule is Cc1nc2c(-c3cccc(S(C)(=O)=O)c3)cccc2n1C/C(F)=C/CN. The Hall–Kier alpha value is -2.51. The summed E-state index contributed by atoms with van der Waals surface area (Å²) in [5.74, 6) is 0.353. The summed E-state index contributed by atoms with van der Waals surface area (Å²) in [4.78, 5) is 4.83. The van der Waals surface area contributed by atoms with Crippen LogP contribution in [0.15, 0.2) is 59.3 Å². The maximum Gasteiger partial charge on any atom is 0.175 e. The minimum absolute atomic E-state index is 0.0619. The number of allylic oxidation sites excluding steroid dienone is 1. The van der Waals surface area contributed by atoms with Gasteiger partial charge in [0.15, 0.2) is 9.84 Å². The van der Waals surface area contributed by atoms with Crippen LogP contribution in [-0.2, 0) is 16.4 Å². The minimum atomic E-state index is -3.31. The number of rotatable bonds is 5. The first-order valence-corrected chi connectivity index (χ1v) is 10.0. The number of para-hydroxylation sites is 1. The van der Waals surface area contributed by atoms with Crippen molar-refractivity contribution in [3.8, 4) is 11.1 Å². The van der Waals surface area contributed by atoms with E-state index in [1.807, 2.05) is 31.2 Å². The van der Waals surface area contributed by atoms with Gasteiger partial charge < -0.3 is 10.3 Å². The summed E-state index contributed by atoms with van der Waals surface area (Å²) >= 11 is 0. The van der Waals surface area contributed by atoms with E-state index in [1.54, 1.807) is 22.8 Å². The van der Waals surface area contributed by atoms with Gasteiger partial charge in [-0.25, -0.2) is 17.8 Å². The fraction of sp³-hybridized carbons (Fsp3) is 0.211. The van der Waals surface area contributed by atoms with E-state index in [0.717, 1.165) is 16.6 Å². The van der Waals surface area contributed by atoms with Gasteiger partial charge in [-0.3, -0.25) is 0 Å². The van der Waals surface area contributed by atoms with E-state index < -0.39 is 9.84 Å². The van der Waals surface area contributed by atoms with Gasteiger partial charge in [-0.1, -0.05) is 24.3 Å². The molecule has 0 unspecified atom stereocenters. The quantitative estimate of drug-likeness (QED) is 0.745. The van der Waals surface area contributed by atoms with Gasteiger partial charge in [0.25, 0.3) is 0 Å². The van der Waals surface area contributed by atoms with E-state index in [-0.39, 0.29) is 23.8 Å². The lowest BCUT2D eigenvalue weighted by Gasteiger charge is -2.07. The van der Waals surface area contributed by atoms with Crippen molar-refractivity contribution in [2.45, 2.75) is 18.4 Å². The number of benzene rings is 2. The van der Waals surface area contributed by atoms with Crippen molar-refractivity contribution in [3.05, 3.63) is 60.2 Å². The van der Waals surface area contributed by atoms with Crippen molar-refractivity contribution in [2.24, 2.45) is 5.73 Å². The molecule has 0 spiro atoms. The van der Waals surface area contributed by atoms with Crippen LogP contribution in [0.5, 0.6) is 0 Å². The Bertz CT molecular complexity index is 1100. The van der Waals surface area contributed by atoms with Crippen molar-refractivity contribution in [3.63, 3.8) is 0 Å². The molecule has 7 heteroatoms. The summed E-state index contributed by atoms with van der Waals surface area (Å²) in [6.07, 6.45) is 2.52. The highest BCUT2D eigenvalue weighted by Crippen LogP contribution is 2.30. The van der Waals surface area contributed by atoms with Crippen LogP contribution in [0.25, 0.3) is 22.2 Å². The number of aryl methyl sites for hydroxylation is 1. The van der Waals surface area contributed by atoms with Crippen LogP contribution in [0.1, 0.15) is 5.82 Å². The molecule has 0 saturated carbocycles. The summed E-state index contributed by atoms with van der Waals surface area (Å²) in [7, 11) is -3.31. The molecule has 136 valence electrons. The second-order valence-corrected chi connectivity index (χ2v) is 8.12. The highest BCUT2D eigenvalue weighted by atomic mass is 32.2. The van der Waals surface area contributed by atoms with Crippen LogP contribution in [0, 0.1) is 6.92 Å². The van der Waals surface area contributed by atoms with E-state index in [4.69, 9.17) is 5.73 Å². The molecule has 0 bridgehead atoms. The largest absolute Gasteiger partial charge is 0.327 e. The highest BCUT2D eigenvalue weighted by molar-refractivity contribution is 7.90. The van der Waals surface area contributed by atoms with Crippen molar-refractivity contribution in [1.82, 2.24) is 9.55 Å². The van der Waals surface area contributed by atoms with Crippen molar-refractivity contribution >= 4 is 20.9 Å². The first kappa shape index (κ1) is 18.3. The Balaban J connectivity index is 2.16. The average Bonchev–Trinajstić information content (AvgIpc) is 2.90. The summed E-state index contributed by atoms with van der Waals surface area (Å²) in [6, 6.07) is 12.3. The molecule has 2 aromatic carbocycles. The normalized spacial score (nSPS) is 12.7. The van der Waals surface area contributed by atoms with Crippen LogP contribution in [0.4, 0.5) is 4.39 Å². The molecule has 0 saturated heterocycles. The third kappa shape index (κ3) is 3.54. The summed E-state index contributed by atoms with van der Waals surface area (Å²) in [5, 5.41) is 0. The molecule has 5 nitrogen and oxygen atoms in total. The lowest BCUT2D eigenvalue weighted by Crippen LogP contribution is -2.03. The Morgan fingerprint density at radius 2 is 2.00 bits per heavy atom. The van der Waals surface area contributed by atoms with Crippen LogP contribution < -0.4 is 5.73 Å². The molecule has 3 aromatic rings. The molecule has 0 fully saturated rings. The molecule has 0 aliphatic rings. The van der Waals surface area contributed by atoms with Crippen molar-refractivity contribution < 1.29 is 12.8 Å². The number of fused-ring (bicyclic) bond motifs is 1. The number of hydrogen-bond donors (Lipinski definition) is 1. The number of nitrogens with zero attached hydrogens (tertiary/aromatic N) is 2. The first-order valence-electron chi connectivity index (χ1n) is 8.12. The maximum absolute atomic E-state index is 13.9. The van der Waals surface area contributed by atoms with Gasteiger partial charge in [0.1, 0.15) is 11.7 Å². The zero-order valence-corrected chi connectivity index (χ0v) is 15.4. The molecule has 3 rings (SSSR count). The third-order valence-corrected chi connectivity index (χ3v) is 5.30. The van der Waals surface area contributed by atoms with Crippen LogP contribution in [-0.4, -0.2) is 30.8 Å². The van der Waals surface area contributed by atoms with Gasteiger partial charge >= 0.3 is 0 Å². The molecule has 0 amide bonds. The standard InChI is InChI=1S/C19H20FN3O2S/c1-13-22-19-17(14-5-3-6-16(11-14)26(2,24)25)7-4-8-18(19)23(13)12-15(20)9-10-21/h3-9,11H,10,12,21H2,1-2H3/b15-9-. The summed E-state index contributed by atoms with van der Waals surface area (Å²) in [6.45, 7) is 2.01. The zero-order chi connectivity index (χ0) is 18.9. The molecular weight excluding hydrogens is 353 g/mol. The number of nitrogens with two attached hydrogens (primary N) is 1. The molecule has 0 radical (unpaired) electrons.